The smallest absolute Gasteiger partial charge is 0.272 e. The average Bonchev–Trinajstić information content (AvgIpc) is 3.34. The van der Waals surface area contributed by atoms with Gasteiger partial charge in [0.05, 0.1) is 38.7 Å². The van der Waals surface area contributed by atoms with Crippen molar-refractivity contribution >= 4 is 5.91 Å². The molecule has 2 fully saturated rings. The van der Waals surface area contributed by atoms with Crippen LogP contribution in [0.3, 0.4) is 0 Å². The van der Waals surface area contributed by atoms with Crippen LogP contribution in [0.15, 0.2) is 42.9 Å². The molecule has 6 nitrogen and oxygen atoms in total. The molecule has 1 aromatic heterocycles. The first kappa shape index (κ1) is 16.3. The van der Waals surface area contributed by atoms with Gasteiger partial charge in [0, 0.05) is 12.3 Å². The van der Waals surface area contributed by atoms with Crippen molar-refractivity contribution in [2.75, 3.05) is 39.3 Å². The topological polar surface area (TPSA) is 51.8 Å². The molecule has 0 bridgehead atoms. The summed E-state index contributed by atoms with van der Waals surface area (Å²) >= 11 is 0. The molecular weight excluding hydrogens is 316 g/mol. The van der Waals surface area contributed by atoms with Crippen LogP contribution in [0.1, 0.15) is 23.3 Å². The van der Waals surface area contributed by atoms with Crippen molar-refractivity contribution in [3.63, 3.8) is 0 Å². The van der Waals surface area contributed by atoms with E-state index in [-0.39, 0.29) is 5.91 Å². The number of carbonyl (C=O) groups excluding carboxylic acids is 1. The van der Waals surface area contributed by atoms with E-state index in [0.29, 0.717) is 11.8 Å². The Labute approximate surface area is 148 Å². The number of imidazole rings is 1. The molecule has 0 aliphatic carbocycles. The van der Waals surface area contributed by atoms with Crippen LogP contribution in [0.4, 0.5) is 0 Å². The predicted octanol–water partition coefficient (Wildman–Crippen LogP) is 0.392. The number of ether oxygens (including phenoxy) is 1. The summed E-state index contributed by atoms with van der Waals surface area (Å²) in [6.07, 6.45) is 6.16. The highest BCUT2D eigenvalue weighted by Gasteiger charge is 2.29. The first-order valence-corrected chi connectivity index (χ1v) is 9.13. The molecule has 3 heterocycles. The largest absolute Gasteiger partial charge is 0.372 e. The summed E-state index contributed by atoms with van der Waals surface area (Å²) in [4.78, 5) is 20.6. The van der Waals surface area contributed by atoms with Gasteiger partial charge < -0.3 is 14.5 Å². The van der Waals surface area contributed by atoms with Gasteiger partial charge in [0.25, 0.3) is 5.91 Å². The van der Waals surface area contributed by atoms with E-state index in [2.05, 4.69) is 4.98 Å². The Balaban J connectivity index is 1.39. The fourth-order valence-electron chi connectivity index (χ4n) is 3.77. The van der Waals surface area contributed by atoms with Gasteiger partial charge in [0.15, 0.2) is 0 Å². The van der Waals surface area contributed by atoms with E-state index < -0.39 is 0 Å². The van der Waals surface area contributed by atoms with Crippen molar-refractivity contribution in [3.05, 3.63) is 48.5 Å². The Bertz CT molecular complexity index is 701. The molecule has 2 aliphatic rings. The molecule has 25 heavy (non-hydrogen) atoms. The van der Waals surface area contributed by atoms with E-state index in [1.54, 1.807) is 17.4 Å². The highest BCUT2D eigenvalue weighted by atomic mass is 16.5. The molecular formula is C19H25N4O2+. The molecule has 2 aromatic rings. The molecule has 1 N–H and O–H groups in total. The van der Waals surface area contributed by atoms with Gasteiger partial charge in [-0.15, -0.1) is 0 Å². The molecule has 4 rings (SSSR count). The summed E-state index contributed by atoms with van der Waals surface area (Å²) in [5.74, 6) is 0.0671. The zero-order valence-electron chi connectivity index (χ0n) is 14.4. The van der Waals surface area contributed by atoms with Gasteiger partial charge in [-0.1, -0.05) is 18.2 Å². The van der Waals surface area contributed by atoms with E-state index in [1.807, 2.05) is 39.8 Å². The molecule has 0 unspecified atom stereocenters. The number of nitrogens with one attached hydrogen (secondary N) is 1. The maximum Gasteiger partial charge on any atom is 0.272 e. The molecule has 6 heteroatoms. The maximum absolute atomic E-state index is 12.9. The number of amides is 1. The number of hydrogen-bond acceptors (Lipinski definition) is 3. The summed E-state index contributed by atoms with van der Waals surface area (Å²) in [6.45, 7) is 5.55. The van der Waals surface area contributed by atoms with Crippen molar-refractivity contribution in [3.8, 4) is 5.69 Å². The van der Waals surface area contributed by atoms with Crippen LogP contribution in [-0.4, -0.2) is 65.8 Å². The molecule has 0 radical (unpaired) electrons. The lowest BCUT2D eigenvalue weighted by molar-refractivity contribution is -0.906. The van der Waals surface area contributed by atoms with Crippen molar-refractivity contribution in [1.82, 2.24) is 14.5 Å². The van der Waals surface area contributed by atoms with Gasteiger partial charge in [-0.3, -0.25) is 9.36 Å². The standard InChI is InChI=1S/C19H24N4O2/c24-19(18-13-20-15-23(18)16-5-2-1-3-6-16)22-10-8-21(9-11-22)14-17-7-4-12-25-17/h1-3,5-6,13,15,17H,4,7-12,14H2/p+1/t17-/m1/s1. The van der Waals surface area contributed by atoms with Crippen molar-refractivity contribution < 1.29 is 14.4 Å². The summed E-state index contributed by atoms with van der Waals surface area (Å²) in [7, 11) is 0. The van der Waals surface area contributed by atoms with Crippen molar-refractivity contribution in [2.24, 2.45) is 0 Å². The summed E-state index contributed by atoms with van der Waals surface area (Å²) in [6, 6.07) is 9.88. The Kier molecular flexibility index (Phi) is 4.81. The lowest BCUT2D eigenvalue weighted by Crippen LogP contribution is -3.15. The number of piperazine rings is 1. The Hall–Kier alpha value is -2.18. The van der Waals surface area contributed by atoms with E-state index >= 15 is 0 Å². The Morgan fingerprint density at radius 1 is 1.24 bits per heavy atom. The normalized spacial score (nSPS) is 21.6. The Morgan fingerprint density at radius 2 is 2.04 bits per heavy atom. The van der Waals surface area contributed by atoms with E-state index in [9.17, 15) is 4.79 Å². The fourth-order valence-corrected chi connectivity index (χ4v) is 3.77. The third kappa shape index (κ3) is 3.60. The number of hydrogen-bond donors (Lipinski definition) is 1. The molecule has 0 saturated carbocycles. The second kappa shape index (κ2) is 7.37. The highest BCUT2D eigenvalue weighted by Crippen LogP contribution is 2.13. The van der Waals surface area contributed by atoms with Gasteiger partial charge in [-0.05, 0) is 25.0 Å². The fraction of sp³-hybridized carbons (Fsp3) is 0.474. The highest BCUT2D eigenvalue weighted by molar-refractivity contribution is 5.93. The third-order valence-electron chi connectivity index (χ3n) is 5.19. The second-order valence-corrected chi connectivity index (χ2v) is 6.87. The molecule has 1 amide bonds. The van der Waals surface area contributed by atoms with Gasteiger partial charge in [0.1, 0.15) is 18.3 Å². The lowest BCUT2D eigenvalue weighted by atomic mass is 10.2. The van der Waals surface area contributed by atoms with Crippen molar-refractivity contribution in [2.45, 2.75) is 18.9 Å². The van der Waals surface area contributed by atoms with Crippen LogP contribution < -0.4 is 4.90 Å². The number of para-hydroxylation sites is 1. The SMILES string of the molecule is O=C(c1cncn1-c1ccccc1)N1CC[NH+](C[C@H]2CCCO2)CC1. The number of quaternary nitrogens is 1. The van der Waals surface area contributed by atoms with E-state index in [1.165, 1.54) is 12.8 Å². The minimum atomic E-state index is 0.0671. The van der Waals surface area contributed by atoms with Crippen LogP contribution in [0.25, 0.3) is 5.69 Å². The minimum absolute atomic E-state index is 0.0671. The number of aromatic nitrogens is 2. The average molecular weight is 341 g/mol. The van der Waals surface area contributed by atoms with Crippen molar-refractivity contribution in [1.29, 1.82) is 0 Å². The molecule has 2 aliphatic heterocycles. The van der Waals surface area contributed by atoms with Crippen LogP contribution in [0.2, 0.25) is 0 Å². The summed E-state index contributed by atoms with van der Waals surface area (Å²) in [5, 5.41) is 0. The molecule has 0 spiro atoms. The van der Waals surface area contributed by atoms with Gasteiger partial charge in [-0.25, -0.2) is 4.98 Å². The zero-order valence-corrected chi connectivity index (χ0v) is 14.4. The lowest BCUT2D eigenvalue weighted by Gasteiger charge is -2.33. The third-order valence-corrected chi connectivity index (χ3v) is 5.19. The van der Waals surface area contributed by atoms with Gasteiger partial charge in [0.2, 0.25) is 0 Å². The van der Waals surface area contributed by atoms with E-state index in [4.69, 9.17) is 4.74 Å². The number of benzene rings is 1. The van der Waals surface area contributed by atoms with Gasteiger partial charge >= 0.3 is 0 Å². The first-order valence-electron chi connectivity index (χ1n) is 9.13. The second-order valence-electron chi connectivity index (χ2n) is 6.87. The molecule has 1 aromatic carbocycles. The van der Waals surface area contributed by atoms with Gasteiger partial charge in [-0.2, -0.15) is 0 Å². The van der Waals surface area contributed by atoms with Crippen LogP contribution >= 0.6 is 0 Å². The minimum Gasteiger partial charge on any atom is -0.372 e. The predicted molar refractivity (Wildman–Crippen MR) is 94.0 cm³/mol. The summed E-state index contributed by atoms with van der Waals surface area (Å²) < 4.78 is 7.61. The maximum atomic E-state index is 12.9. The first-order chi connectivity index (χ1) is 12.3. The molecule has 132 valence electrons. The zero-order chi connectivity index (χ0) is 17.1. The number of rotatable bonds is 4. The van der Waals surface area contributed by atoms with Crippen LogP contribution in [0.5, 0.6) is 0 Å². The number of carbonyl (C=O) groups is 1. The van der Waals surface area contributed by atoms with Crippen LogP contribution in [-0.2, 0) is 4.74 Å². The van der Waals surface area contributed by atoms with Crippen LogP contribution in [0, 0.1) is 0 Å². The molecule has 2 saturated heterocycles. The van der Waals surface area contributed by atoms with E-state index in [0.717, 1.165) is 45.0 Å². The quantitative estimate of drug-likeness (QED) is 0.875. The Morgan fingerprint density at radius 3 is 2.76 bits per heavy atom. The summed E-state index contributed by atoms with van der Waals surface area (Å²) in [5.41, 5.74) is 1.60. The number of nitrogens with zero attached hydrogens (tertiary/aromatic N) is 3. The monoisotopic (exact) mass is 341 g/mol. The molecule has 1 atom stereocenters.